The molecule has 2 heterocycles. The number of nitrogens with zero attached hydrogens (tertiary/aromatic N) is 3. The number of aliphatic hydroxyl groups is 1. The van der Waals surface area contributed by atoms with E-state index in [-0.39, 0.29) is 18.6 Å². The van der Waals surface area contributed by atoms with Crippen LogP contribution in [0.4, 0.5) is 5.82 Å². The Morgan fingerprint density at radius 1 is 1.50 bits per heavy atom. The molecule has 0 bridgehead atoms. The first-order valence-corrected chi connectivity index (χ1v) is 7.18. The number of carbonyl (C=O) groups excluding carboxylic acids is 1. The van der Waals surface area contributed by atoms with E-state index in [2.05, 4.69) is 4.98 Å². The van der Waals surface area contributed by atoms with E-state index < -0.39 is 0 Å². The number of carbonyl (C=O) groups is 1. The van der Waals surface area contributed by atoms with Crippen LogP contribution in [0.3, 0.4) is 0 Å². The van der Waals surface area contributed by atoms with E-state index in [0.717, 1.165) is 38.0 Å². The van der Waals surface area contributed by atoms with E-state index in [0.29, 0.717) is 5.56 Å². The number of hydrogen-bond acceptors (Lipinski definition) is 4. The van der Waals surface area contributed by atoms with Crippen LogP contribution in [-0.2, 0) is 0 Å². The highest BCUT2D eigenvalue weighted by Gasteiger charge is 2.28. The second-order valence-corrected chi connectivity index (χ2v) is 5.46. The van der Waals surface area contributed by atoms with Crippen molar-refractivity contribution in [2.45, 2.75) is 31.7 Å². The van der Waals surface area contributed by atoms with E-state index in [4.69, 9.17) is 5.11 Å². The van der Waals surface area contributed by atoms with Crippen LogP contribution < -0.4 is 4.90 Å². The van der Waals surface area contributed by atoms with Gasteiger partial charge in [0.25, 0.3) is 5.91 Å². The Morgan fingerprint density at radius 3 is 2.90 bits per heavy atom. The molecule has 1 amide bonds. The molecule has 20 heavy (non-hydrogen) atoms. The monoisotopic (exact) mass is 277 g/mol. The molecule has 2 rings (SSSR count). The Bertz CT molecular complexity index is 445. The van der Waals surface area contributed by atoms with Gasteiger partial charge in [-0.3, -0.25) is 4.79 Å². The number of amides is 1. The molecular weight excluding hydrogens is 254 g/mol. The number of pyridine rings is 1. The zero-order valence-corrected chi connectivity index (χ0v) is 12.2. The Balaban J connectivity index is 2.06. The average Bonchev–Trinajstić information content (AvgIpc) is 2.92. The highest BCUT2D eigenvalue weighted by Crippen LogP contribution is 2.23. The molecule has 5 heteroatoms. The summed E-state index contributed by atoms with van der Waals surface area (Å²) in [6, 6.07) is 3.97. The van der Waals surface area contributed by atoms with Gasteiger partial charge in [-0.1, -0.05) is 0 Å². The molecule has 0 radical (unpaired) electrons. The van der Waals surface area contributed by atoms with E-state index >= 15 is 0 Å². The van der Waals surface area contributed by atoms with E-state index in [1.54, 1.807) is 6.20 Å². The first kappa shape index (κ1) is 14.8. The number of aromatic nitrogens is 1. The van der Waals surface area contributed by atoms with Gasteiger partial charge in [0.15, 0.2) is 0 Å². The van der Waals surface area contributed by atoms with Crippen LogP contribution in [0.15, 0.2) is 18.3 Å². The standard InChI is InChI=1S/C15H23N3O2/c1-17(2)14-8-7-12(11-16-14)15(20)18-9-3-5-13(18)6-4-10-19/h7-8,11,13,19H,3-6,9-10H2,1-2H3. The molecule has 1 aromatic heterocycles. The van der Waals surface area contributed by atoms with Gasteiger partial charge in [-0.05, 0) is 37.8 Å². The summed E-state index contributed by atoms with van der Waals surface area (Å²) >= 11 is 0. The molecule has 0 aliphatic carbocycles. The lowest BCUT2D eigenvalue weighted by atomic mass is 10.1. The van der Waals surface area contributed by atoms with Crippen LogP contribution in [0, 0.1) is 0 Å². The maximum absolute atomic E-state index is 12.5. The summed E-state index contributed by atoms with van der Waals surface area (Å²) in [6.07, 6.45) is 5.37. The quantitative estimate of drug-likeness (QED) is 0.886. The molecular formula is C15H23N3O2. The molecule has 1 fully saturated rings. The Kier molecular flexibility index (Phi) is 4.95. The summed E-state index contributed by atoms with van der Waals surface area (Å²) in [7, 11) is 3.85. The fourth-order valence-corrected chi connectivity index (χ4v) is 2.67. The van der Waals surface area contributed by atoms with Crippen molar-refractivity contribution in [3.05, 3.63) is 23.9 Å². The topological polar surface area (TPSA) is 56.7 Å². The van der Waals surface area contributed by atoms with Gasteiger partial charge >= 0.3 is 0 Å². The summed E-state index contributed by atoms with van der Waals surface area (Å²) in [5, 5.41) is 8.93. The lowest BCUT2D eigenvalue weighted by molar-refractivity contribution is 0.0724. The fraction of sp³-hybridized carbons (Fsp3) is 0.600. The number of aliphatic hydroxyl groups excluding tert-OH is 1. The minimum absolute atomic E-state index is 0.0586. The number of rotatable bonds is 5. The van der Waals surface area contributed by atoms with Crippen LogP contribution in [0.1, 0.15) is 36.0 Å². The third kappa shape index (κ3) is 3.28. The predicted octanol–water partition coefficient (Wildman–Crippen LogP) is 1.52. The van der Waals surface area contributed by atoms with Crippen molar-refractivity contribution < 1.29 is 9.90 Å². The summed E-state index contributed by atoms with van der Waals surface area (Å²) in [5.74, 6) is 0.906. The van der Waals surface area contributed by atoms with Crippen molar-refractivity contribution in [3.63, 3.8) is 0 Å². The van der Waals surface area contributed by atoms with Gasteiger partial charge in [0, 0.05) is 39.5 Å². The maximum Gasteiger partial charge on any atom is 0.255 e. The van der Waals surface area contributed by atoms with Gasteiger partial charge in [0.1, 0.15) is 5.82 Å². The van der Waals surface area contributed by atoms with Gasteiger partial charge in [-0.15, -0.1) is 0 Å². The van der Waals surface area contributed by atoms with Gasteiger partial charge in [0.05, 0.1) is 5.56 Å². The second kappa shape index (κ2) is 6.70. The Labute approximate surface area is 120 Å². The maximum atomic E-state index is 12.5. The van der Waals surface area contributed by atoms with Crippen molar-refractivity contribution in [2.75, 3.05) is 32.1 Å². The van der Waals surface area contributed by atoms with E-state index in [9.17, 15) is 4.79 Å². The molecule has 1 aliphatic rings. The molecule has 0 aromatic carbocycles. The van der Waals surface area contributed by atoms with E-state index in [1.165, 1.54) is 0 Å². The van der Waals surface area contributed by atoms with Crippen molar-refractivity contribution in [3.8, 4) is 0 Å². The Morgan fingerprint density at radius 2 is 2.30 bits per heavy atom. The molecule has 1 N–H and O–H groups in total. The lowest BCUT2D eigenvalue weighted by Gasteiger charge is -2.24. The molecule has 110 valence electrons. The number of anilines is 1. The average molecular weight is 277 g/mol. The van der Waals surface area contributed by atoms with Gasteiger partial charge in [-0.25, -0.2) is 4.98 Å². The minimum Gasteiger partial charge on any atom is -0.396 e. The second-order valence-electron chi connectivity index (χ2n) is 5.46. The molecule has 5 nitrogen and oxygen atoms in total. The SMILES string of the molecule is CN(C)c1ccc(C(=O)N2CCCC2CCCO)cn1. The van der Waals surface area contributed by atoms with Crippen LogP contribution >= 0.6 is 0 Å². The van der Waals surface area contributed by atoms with Crippen LogP contribution in [0.5, 0.6) is 0 Å². The van der Waals surface area contributed by atoms with Crippen LogP contribution in [0.25, 0.3) is 0 Å². The molecule has 1 aliphatic heterocycles. The Hall–Kier alpha value is -1.62. The zero-order chi connectivity index (χ0) is 14.5. The van der Waals surface area contributed by atoms with Crippen molar-refractivity contribution in [1.29, 1.82) is 0 Å². The fourth-order valence-electron chi connectivity index (χ4n) is 2.67. The molecule has 1 unspecified atom stereocenters. The van der Waals surface area contributed by atoms with Crippen molar-refractivity contribution in [1.82, 2.24) is 9.88 Å². The third-order valence-electron chi connectivity index (χ3n) is 3.79. The van der Waals surface area contributed by atoms with Crippen LogP contribution in [0.2, 0.25) is 0 Å². The lowest BCUT2D eigenvalue weighted by Crippen LogP contribution is -2.35. The van der Waals surface area contributed by atoms with Crippen molar-refractivity contribution in [2.24, 2.45) is 0 Å². The summed E-state index contributed by atoms with van der Waals surface area (Å²) in [6.45, 7) is 1.00. The molecule has 1 atom stereocenters. The summed E-state index contributed by atoms with van der Waals surface area (Å²) in [5.41, 5.74) is 0.645. The number of likely N-dealkylation sites (tertiary alicyclic amines) is 1. The van der Waals surface area contributed by atoms with Crippen LogP contribution in [-0.4, -0.2) is 54.2 Å². The summed E-state index contributed by atoms with van der Waals surface area (Å²) in [4.78, 5) is 20.7. The highest BCUT2D eigenvalue weighted by molar-refractivity contribution is 5.94. The summed E-state index contributed by atoms with van der Waals surface area (Å²) < 4.78 is 0. The van der Waals surface area contributed by atoms with Crippen molar-refractivity contribution >= 4 is 11.7 Å². The minimum atomic E-state index is 0.0586. The molecule has 0 spiro atoms. The van der Waals surface area contributed by atoms with Gasteiger partial charge in [-0.2, -0.15) is 0 Å². The largest absolute Gasteiger partial charge is 0.396 e. The molecule has 1 saturated heterocycles. The first-order chi connectivity index (χ1) is 9.63. The molecule has 0 saturated carbocycles. The predicted molar refractivity (Wildman–Crippen MR) is 78.9 cm³/mol. The third-order valence-corrected chi connectivity index (χ3v) is 3.79. The normalized spacial score (nSPS) is 18.4. The van der Waals surface area contributed by atoms with Gasteiger partial charge < -0.3 is 14.9 Å². The zero-order valence-electron chi connectivity index (χ0n) is 12.2. The molecule has 1 aromatic rings. The van der Waals surface area contributed by atoms with E-state index in [1.807, 2.05) is 36.0 Å². The first-order valence-electron chi connectivity index (χ1n) is 7.18. The number of hydrogen-bond donors (Lipinski definition) is 1. The smallest absolute Gasteiger partial charge is 0.255 e. The highest BCUT2D eigenvalue weighted by atomic mass is 16.3. The van der Waals surface area contributed by atoms with Gasteiger partial charge in [0.2, 0.25) is 0 Å².